The Labute approximate surface area is 145 Å². The molecule has 0 aliphatic carbocycles. The van der Waals surface area contributed by atoms with Gasteiger partial charge in [-0.2, -0.15) is 0 Å². The van der Waals surface area contributed by atoms with Gasteiger partial charge in [-0.05, 0) is 42.0 Å². The molecule has 2 heterocycles. The average Bonchev–Trinajstić information content (AvgIpc) is 2.67. The summed E-state index contributed by atoms with van der Waals surface area (Å²) in [5, 5.41) is 5.61. The van der Waals surface area contributed by atoms with E-state index in [1.165, 1.54) is 0 Å². The van der Waals surface area contributed by atoms with E-state index in [-0.39, 0.29) is 6.03 Å². The minimum atomic E-state index is -0.284. The minimum absolute atomic E-state index is 0.284. The molecule has 0 spiro atoms. The molecule has 0 saturated carbocycles. The maximum absolute atomic E-state index is 12.1. The lowest BCUT2D eigenvalue weighted by Crippen LogP contribution is -2.28. The Kier molecular flexibility index (Phi) is 5.21. The number of ether oxygens (including phenoxy) is 1. The second-order valence-corrected chi connectivity index (χ2v) is 5.33. The van der Waals surface area contributed by atoms with E-state index in [9.17, 15) is 4.79 Å². The molecule has 0 saturated heterocycles. The minimum Gasteiger partial charge on any atom is -0.497 e. The Morgan fingerprint density at radius 3 is 2.84 bits per heavy atom. The summed E-state index contributed by atoms with van der Waals surface area (Å²) in [5.41, 5.74) is 3.38. The van der Waals surface area contributed by atoms with Crippen molar-refractivity contribution in [3.8, 4) is 17.0 Å². The molecule has 0 radical (unpaired) electrons. The van der Waals surface area contributed by atoms with Crippen LogP contribution in [-0.2, 0) is 6.54 Å². The van der Waals surface area contributed by atoms with Crippen molar-refractivity contribution < 1.29 is 9.53 Å². The largest absolute Gasteiger partial charge is 0.497 e. The van der Waals surface area contributed by atoms with Crippen LogP contribution in [0.4, 0.5) is 10.5 Å². The third-order valence-corrected chi connectivity index (χ3v) is 3.56. The number of nitrogens with zero attached hydrogens (tertiary/aromatic N) is 2. The average molecular weight is 334 g/mol. The molecule has 0 aliphatic heterocycles. The van der Waals surface area contributed by atoms with E-state index < -0.39 is 0 Å². The predicted octanol–water partition coefficient (Wildman–Crippen LogP) is 3.47. The van der Waals surface area contributed by atoms with E-state index >= 15 is 0 Å². The lowest BCUT2D eigenvalue weighted by Gasteiger charge is -2.09. The maximum atomic E-state index is 12.1. The van der Waals surface area contributed by atoms with Gasteiger partial charge in [-0.15, -0.1) is 0 Å². The number of amides is 2. The SMILES string of the molecule is COc1cccc(NC(=O)NCc2ccnc(-c3cccnc3)c2)c1. The number of pyridine rings is 2. The molecule has 6 nitrogen and oxygen atoms in total. The van der Waals surface area contributed by atoms with E-state index in [1.807, 2.05) is 36.4 Å². The van der Waals surface area contributed by atoms with Crippen molar-refractivity contribution in [3.05, 3.63) is 72.7 Å². The first-order chi connectivity index (χ1) is 12.2. The number of benzene rings is 1. The fourth-order valence-electron chi connectivity index (χ4n) is 2.31. The zero-order valence-corrected chi connectivity index (χ0v) is 13.8. The molecule has 3 aromatic rings. The summed E-state index contributed by atoms with van der Waals surface area (Å²) >= 11 is 0. The number of methoxy groups -OCH3 is 1. The van der Waals surface area contributed by atoms with Crippen LogP contribution in [0, 0.1) is 0 Å². The Morgan fingerprint density at radius 1 is 1.12 bits per heavy atom. The van der Waals surface area contributed by atoms with Crippen LogP contribution in [0.1, 0.15) is 5.56 Å². The molecule has 25 heavy (non-hydrogen) atoms. The van der Waals surface area contributed by atoms with Crippen LogP contribution >= 0.6 is 0 Å². The van der Waals surface area contributed by atoms with E-state index in [2.05, 4.69) is 20.6 Å². The van der Waals surface area contributed by atoms with Gasteiger partial charge in [0.15, 0.2) is 0 Å². The van der Waals surface area contributed by atoms with Crippen LogP contribution in [0.2, 0.25) is 0 Å². The summed E-state index contributed by atoms with van der Waals surface area (Å²) in [6.07, 6.45) is 5.20. The Morgan fingerprint density at radius 2 is 2.04 bits per heavy atom. The summed E-state index contributed by atoms with van der Waals surface area (Å²) in [7, 11) is 1.59. The molecular weight excluding hydrogens is 316 g/mol. The molecule has 3 rings (SSSR count). The van der Waals surface area contributed by atoms with Gasteiger partial charge in [0, 0.05) is 42.5 Å². The number of carbonyl (C=O) groups is 1. The van der Waals surface area contributed by atoms with Gasteiger partial charge in [-0.25, -0.2) is 4.79 Å². The first-order valence-electron chi connectivity index (χ1n) is 7.79. The highest BCUT2D eigenvalue weighted by molar-refractivity contribution is 5.89. The number of rotatable bonds is 5. The quantitative estimate of drug-likeness (QED) is 0.749. The zero-order chi connectivity index (χ0) is 17.5. The van der Waals surface area contributed by atoms with Gasteiger partial charge in [0.25, 0.3) is 0 Å². The smallest absolute Gasteiger partial charge is 0.319 e. The van der Waals surface area contributed by atoms with Crippen LogP contribution < -0.4 is 15.4 Å². The normalized spacial score (nSPS) is 10.1. The van der Waals surface area contributed by atoms with Crippen LogP contribution in [0.15, 0.2) is 67.1 Å². The van der Waals surface area contributed by atoms with Crippen molar-refractivity contribution in [2.45, 2.75) is 6.54 Å². The molecule has 126 valence electrons. The number of anilines is 1. The van der Waals surface area contributed by atoms with Crippen molar-refractivity contribution in [1.29, 1.82) is 0 Å². The Hall–Kier alpha value is -3.41. The lowest BCUT2D eigenvalue weighted by molar-refractivity contribution is 0.251. The Bertz CT molecular complexity index is 853. The molecule has 2 N–H and O–H groups in total. The summed E-state index contributed by atoms with van der Waals surface area (Å²) < 4.78 is 5.14. The van der Waals surface area contributed by atoms with Crippen LogP contribution in [0.3, 0.4) is 0 Å². The van der Waals surface area contributed by atoms with Crippen molar-refractivity contribution >= 4 is 11.7 Å². The third-order valence-electron chi connectivity index (χ3n) is 3.56. The summed E-state index contributed by atoms with van der Waals surface area (Å²) in [6.45, 7) is 0.394. The first-order valence-corrected chi connectivity index (χ1v) is 7.79. The number of nitrogens with one attached hydrogen (secondary N) is 2. The van der Waals surface area contributed by atoms with E-state index in [1.54, 1.807) is 37.8 Å². The van der Waals surface area contributed by atoms with Crippen LogP contribution in [-0.4, -0.2) is 23.1 Å². The monoisotopic (exact) mass is 334 g/mol. The van der Waals surface area contributed by atoms with Crippen LogP contribution in [0.25, 0.3) is 11.3 Å². The molecule has 0 atom stereocenters. The first kappa shape index (κ1) is 16.4. The third kappa shape index (κ3) is 4.54. The number of hydrogen-bond acceptors (Lipinski definition) is 4. The lowest BCUT2D eigenvalue weighted by atomic mass is 10.1. The zero-order valence-electron chi connectivity index (χ0n) is 13.8. The van der Waals surface area contributed by atoms with Crippen molar-refractivity contribution in [3.63, 3.8) is 0 Å². The van der Waals surface area contributed by atoms with Gasteiger partial charge in [0.2, 0.25) is 0 Å². The maximum Gasteiger partial charge on any atom is 0.319 e. The van der Waals surface area contributed by atoms with Gasteiger partial charge < -0.3 is 15.4 Å². The highest BCUT2D eigenvalue weighted by Gasteiger charge is 2.05. The molecule has 0 bridgehead atoms. The van der Waals surface area contributed by atoms with E-state index in [4.69, 9.17) is 4.74 Å². The second kappa shape index (κ2) is 7.92. The second-order valence-electron chi connectivity index (χ2n) is 5.33. The molecule has 0 aliphatic rings. The molecule has 2 aromatic heterocycles. The number of aromatic nitrogens is 2. The van der Waals surface area contributed by atoms with E-state index in [0.717, 1.165) is 16.8 Å². The summed E-state index contributed by atoms with van der Waals surface area (Å²) in [6, 6.07) is 14.5. The summed E-state index contributed by atoms with van der Waals surface area (Å²) in [4.78, 5) is 20.5. The molecule has 0 fully saturated rings. The fourth-order valence-corrected chi connectivity index (χ4v) is 2.31. The molecule has 6 heteroatoms. The van der Waals surface area contributed by atoms with Gasteiger partial charge in [-0.1, -0.05) is 6.07 Å². The van der Waals surface area contributed by atoms with Crippen LogP contribution in [0.5, 0.6) is 5.75 Å². The van der Waals surface area contributed by atoms with Gasteiger partial charge in [0.1, 0.15) is 5.75 Å². The van der Waals surface area contributed by atoms with Crippen molar-refractivity contribution in [2.75, 3.05) is 12.4 Å². The van der Waals surface area contributed by atoms with Gasteiger partial charge >= 0.3 is 6.03 Å². The predicted molar refractivity (Wildman–Crippen MR) is 96.3 cm³/mol. The number of carbonyl (C=O) groups excluding carboxylic acids is 1. The standard InChI is InChI=1S/C19H18N4O2/c1-25-17-6-2-5-16(11-17)23-19(24)22-12-14-7-9-21-18(10-14)15-4-3-8-20-13-15/h2-11,13H,12H2,1H3,(H2,22,23,24). The van der Waals surface area contributed by atoms with Gasteiger partial charge in [0.05, 0.1) is 12.8 Å². The Balaban J connectivity index is 1.60. The highest BCUT2D eigenvalue weighted by atomic mass is 16.5. The highest BCUT2D eigenvalue weighted by Crippen LogP contribution is 2.17. The molecule has 0 unspecified atom stereocenters. The number of urea groups is 1. The molecule has 2 amide bonds. The van der Waals surface area contributed by atoms with Crippen molar-refractivity contribution in [1.82, 2.24) is 15.3 Å². The van der Waals surface area contributed by atoms with Crippen molar-refractivity contribution in [2.24, 2.45) is 0 Å². The molecular formula is C19H18N4O2. The van der Waals surface area contributed by atoms with E-state index in [0.29, 0.717) is 18.0 Å². The summed E-state index contributed by atoms with van der Waals surface area (Å²) in [5.74, 6) is 0.688. The topological polar surface area (TPSA) is 76.1 Å². The molecule has 1 aromatic carbocycles. The number of hydrogen-bond donors (Lipinski definition) is 2. The fraction of sp³-hybridized carbons (Fsp3) is 0.105. The van der Waals surface area contributed by atoms with Gasteiger partial charge in [-0.3, -0.25) is 9.97 Å².